The number of carbonyl (C=O) groups is 2. The van der Waals surface area contributed by atoms with E-state index in [0.29, 0.717) is 39.1 Å². The Labute approximate surface area is 273 Å². The Bertz CT molecular complexity index is 2200. The fourth-order valence-electron chi connectivity index (χ4n) is 5.80. The number of pyridine rings is 3. The number of hydrogen-bond acceptors (Lipinski definition) is 6. The highest BCUT2D eigenvalue weighted by atomic mass is 16.4. The fraction of sp³-hybridized carbons (Fsp3) is 0.333. The van der Waals surface area contributed by atoms with Crippen LogP contribution in [0.1, 0.15) is 56.0 Å². The first-order valence-corrected chi connectivity index (χ1v) is 15.3. The predicted octanol–water partition coefficient (Wildman–Crippen LogP) is 5.56. The van der Waals surface area contributed by atoms with Crippen molar-refractivity contribution in [2.45, 2.75) is 54.5 Å². The second-order valence-corrected chi connectivity index (χ2v) is 13.1. The van der Waals surface area contributed by atoms with Crippen LogP contribution in [0.3, 0.4) is 0 Å². The van der Waals surface area contributed by atoms with Gasteiger partial charge in [-0.15, -0.1) is 0 Å². The van der Waals surface area contributed by atoms with Crippen LogP contribution in [0, 0.1) is 38.0 Å². The zero-order chi connectivity index (χ0) is 34.4. The van der Waals surface area contributed by atoms with Crippen molar-refractivity contribution in [3.8, 4) is 23.0 Å². The zero-order valence-corrected chi connectivity index (χ0v) is 28.2. The van der Waals surface area contributed by atoms with Gasteiger partial charge in [-0.2, -0.15) is 0 Å². The highest BCUT2D eigenvalue weighted by Crippen LogP contribution is 2.33. The maximum absolute atomic E-state index is 13.5. The molecule has 4 aromatic heterocycles. The molecule has 5 rings (SSSR count). The molecule has 11 heteroatoms. The van der Waals surface area contributed by atoms with Crippen molar-refractivity contribution in [3.05, 3.63) is 81.3 Å². The summed E-state index contributed by atoms with van der Waals surface area (Å²) in [5.74, 6) is 6.00. The van der Waals surface area contributed by atoms with Gasteiger partial charge in [0.05, 0.1) is 16.6 Å². The molecule has 0 bridgehead atoms. The molecule has 1 unspecified atom stereocenters. The average molecular weight is 634 g/mol. The molecule has 2 N–H and O–H groups in total. The molecule has 1 aromatic carbocycles. The summed E-state index contributed by atoms with van der Waals surface area (Å²) in [6.07, 6.45) is 0.573. The monoisotopic (exact) mass is 633 g/mol. The van der Waals surface area contributed by atoms with E-state index in [0.717, 1.165) is 26.9 Å². The maximum Gasteiger partial charge on any atom is 0.407 e. The molecule has 0 aliphatic rings. The minimum absolute atomic E-state index is 0.163. The number of aromatic nitrogens is 5. The predicted molar refractivity (Wildman–Crippen MR) is 183 cm³/mol. The Morgan fingerprint density at radius 2 is 1.70 bits per heavy atom. The third-order valence-corrected chi connectivity index (χ3v) is 8.22. The van der Waals surface area contributed by atoms with Gasteiger partial charge in [0, 0.05) is 54.7 Å². The van der Waals surface area contributed by atoms with Crippen molar-refractivity contribution in [1.29, 1.82) is 0 Å². The van der Waals surface area contributed by atoms with Crippen LogP contribution in [-0.2, 0) is 18.9 Å². The smallest absolute Gasteiger partial charge is 0.407 e. The summed E-state index contributed by atoms with van der Waals surface area (Å²) < 4.78 is 3.31. The van der Waals surface area contributed by atoms with Crippen molar-refractivity contribution in [3.63, 3.8) is 0 Å². The fourth-order valence-corrected chi connectivity index (χ4v) is 5.80. The number of fused-ring (bicyclic) bond motifs is 2. The summed E-state index contributed by atoms with van der Waals surface area (Å²) in [7, 11) is 3.51. The lowest BCUT2D eigenvalue weighted by molar-refractivity contribution is -0.120. The third kappa shape index (κ3) is 6.58. The van der Waals surface area contributed by atoms with Crippen LogP contribution in [0.2, 0.25) is 0 Å². The van der Waals surface area contributed by atoms with E-state index < -0.39 is 18.0 Å². The lowest BCUT2D eigenvalue weighted by Crippen LogP contribution is -2.48. The number of hydrogen-bond donors (Lipinski definition) is 2. The van der Waals surface area contributed by atoms with Crippen molar-refractivity contribution in [1.82, 2.24) is 29.2 Å². The summed E-state index contributed by atoms with van der Waals surface area (Å²) >= 11 is 0. The lowest BCUT2D eigenvalue weighted by Gasteiger charge is -2.31. The molecule has 242 valence electrons. The quantitative estimate of drug-likeness (QED) is 0.242. The van der Waals surface area contributed by atoms with Gasteiger partial charge in [0.15, 0.2) is 0 Å². The molecule has 47 heavy (non-hydrogen) atoms. The summed E-state index contributed by atoms with van der Waals surface area (Å²) in [6.45, 7) is 13.1. The first kappa shape index (κ1) is 32.9. The molecule has 0 aliphatic carbocycles. The molecule has 4 heterocycles. The normalized spacial score (nSPS) is 12.1. The van der Waals surface area contributed by atoms with Gasteiger partial charge in [0.2, 0.25) is 5.91 Å². The number of benzene rings is 1. The van der Waals surface area contributed by atoms with Crippen LogP contribution in [-0.4, -0.2) is 58.9 Å². The number of anilines is 1. The minimum atomic E-state index is -1.19. The molecule has 1 atom stereocenters. The Hall–Kier alpha value is -5.50. The van der Waals surface area contributed by atoms with Crippen LogP contribution >= 0.6 is 0 Å². The topological polar surface area (TPSA) is 135 Å². The van der Waals surface area contributed by atoms with Crippen LogP contribution < -0.4 is 10.9 Å². The second-order valence-electron chi connectivity index (χ2n) is 13.1. The van der Waals surface area contributed by atoms with E-state index in [1.54, 1.807) is 37.0 Å². The molecular weight excluding hydrogens is 594 g/mol. The molecule has 0 saturated carbocycles. The van der Waals surface area contributed by atoms with Gasteiger partial charge in [-0.3, -0.25) is 33.8 Å². The standard InChI is InChI=1S/C36H39N7O4/c1-20-28-13-11-24(16-25(28)14-15-37-20)10-12-27-17-26(30-21(2)38-22(3)31-32(30)41(8)42(9)34(31)45)18-29(39-27)40-33(44)23(4)43(35(46)47)19-36(5,6)7/h11,13-18,23H,19H2,1-9H3,(H,46,47)(H,39,40,44). The summed E-state index contributed by atoms with van der Waals surface area (Å²) in [5.41, 5.74) is 4.89. The average Bonchev–Trinajstić information content (AvgIpc) is 3.22. The van der Waals surface area contributed by atoms with Crippen LogP contribution in [0.15, 0.2) is 47.4 Å². The molecule has 5 aromatic rings. The SMILES string of the molecule is Cc1nc(C)c2c(=O)n(C)n(C)c2c1-c1cc(C#Cc2ccc3c(C)nccc3c2)nc(NC(=O)C(C)N(CC(C)(C)C)C(=O)O)c1. The number of rotatable bonds is 5. The van der Waals surface area contributed by atoms with Crippen LogP contribution in [0.25, 0.3) is 32.8 Å². The number of nitrogens with one attached hydrogen (secondary N) is 1. The molecule has 2 amide bonds. The van der Waals surface area contributed by atoms with Gasteiger partial charge in [-0.1, -0.05) is 32.8 Å². The van der Waals surface area contributed by atoms with Crippen LogP contribution in [0.4, 0.5) is 10.6 Å². The van der Waals surface area contributed by atoms with Crippen molar-refractivity contribution in [2.24, 2.45) is 19.5 Å². The third-order valence-electron chi connectivity index (χ3n) is 8.22. The van der Waals surface area contributed by atoms with Gasteiger partial charge < -0.3 is 10.4 Å². The minimum Gasteiger partial charge on any atom is -0.465 e. The number of carbonyl (C=O) groups excluding carboxylic acids is 1. The number of amides is 2. The van der Waals surface area contributed by atoms with Crippen LogP contribution in [0.5, 0.6) is 0 Å². The highest BCUT2D eigenvalue weighted by molar-refractivity contribution is 5.99. The van der Waals surface area contributed by atoms with Gasteiger partial charge >= 0.3 is 6.09 Å². The molecule has 0 spiro atoms. The largest absolute Gasteiger partial charge is 0.465 e. The molecule has 0 fully saturated rings. The van der Waals surface area contributed by atoms with Crippen molar-refractivity contribution < 1.29 is 14.7 Å². The van der Waals surface area contributed by atoms with Crippen molar-refractivity contribution >= 4 is 39.5 Å². The first-order valence-electron chi connectivity index (χ1n) is 15.3. The second kappa shape index (κ2) is 12.4. The van der Waals surface area contributed by atoms with Gasteiger partial charge in [-0.05, 0) is 80.3 Å². The van der Waals surface area contributed by atoms with Crippen molar-refractivity contribution in [2.75, 3.05) is 11.9 Å². The van der Waals surface area contributed by atoms with Gasteiger partial charge in [0.1, 0.15) is 17.6 Å². The lowest BCUT2D eigenvalue weighted by atomic mass is 9.95. The van der Waals surface area contributed by atoms with E-state index in [2.05, 4.69) is 27.1 Å². The van der Waals surface area contributed by atoms with Gasteiger partial charge in [-0.25, -0.2) is 9.78 Å². The van der Waals surface area contributed by atoms with Gasteiger partial charge in [0.25, 0.3) is 5.56 Å². The Morgan fingerprint density at radius 1 is 0.979 bits per heavy atom. The maximum atomic E-state index is 13.5. The van der Waals surface area contributed by atoms with E-state index in [1.807, 2.05) is 72.9 Å². The van der Waals surface area contributed by atoms with E-state index in [9.17, 15) is 19.5 Å². The van der Waals surface area contributed by atoms with E-state index in [-0.39, 0.29) is 23.3 Å². The number of aryl methyl sites for hydroxylation is 4. The summed E-state index contributed by atoms with van der Waals surface area (Å²) in [5, 5.41) is 15.3. The Balaban J connectivity index is 1.65. The highest BCUT2D eigenvalue weighted by Gasteiger charge is 2.30. The van der Waals surface area contributed by atoms with E-state index in [1.165, 1.54) is 4.68 Å². The molecule has 0 aliphatic heterocycles. The molecule has 0 radical (unpaired) electrons. The van der Waals surface area contributed by atoms with E-state index >= 15 is 0 Å². The molecular formula is C36H39N7O4. The Morgan fingerprint density at radius 3 is 2.38 bits per heavy atom. The first-order chi connectivity index (χ1) is 22.1. The number of nitrogens with zero attached hydrogens (tertiary/aromatic N) is 6. The molecule has 0 saturated heterocycles. The molecule has 11 nitrogen and oxygen atoms in total. The van der Waals surface area contributed by atoms with E-state index in [4.69, 9.17) is 4.98 Å². The number of carboxylic acid groups (broad SMARTS) is 1. The summed E-state index contributed by atoms with van der Waals surface area (Å²) in [6, 6.07) is 10.3. The Kier molecular flexibility index (Phi) is 8.65. The zero-order valence-electron chi connectivity index (χ0n) is 28.2. The summed E-state index contributed by atoms with van der Waals surface area (Å²) in [4.78, 5) is 53.6.